The molecule has 0 radical (unpaired) electrons. The van der Waals surface area contributed by atoms with Crippen LogP contribution in [-0.4, -0.2) is 62.9 Å². The number of hydrogen-bond donors (Lipinski definition) is 2. The Kier molecular flexibility index (Phi) is 8.37. The number of likely N-dealkylation sites (tertiary alicyclic amines) is 1. The lowest BCUT2D eigenvalue weighted by Gasteiger charge is -2.22. The molecule has 1 saturated heterocycles. The summed E-state index contributed by atoms with van der Waals surface area (Å²) < 4.78 is 16.5. The van der Waals surface area contributed by atoms with Crippen LogP contribution in [0.4, 0.5) is 0 Å². The fourth-order valence-corrected chi connectivity index (χ4v) is 3.99. The highest BCUT2D eigenvalue weighted by Crippen LogP contribution is 2.43. The largest absolute Gasteiger partial charge is 0.493 e. The van der Waals surface area contributed by atoms with Crippen molar-refractivity contribution in [2.75, 3.05) is 41.0 Å². The van der Waals surface area contributed by atoms with Crippen molar-refractivity contribution in [2.24, 2.45) is 5.92 Å². The molecule has 0 saturated carbocycles. The average molecular weight is 424 g/mol. The first kappa shape index (κ1) is 23.1. The van der Waals surface area contributed by atoms with Crippen LogP contribution in [0.5, 0.6) is 17.2 Å². The number of nitrogens with one attached hydrogen (secondary N) is 2. The number of hydrogen-bond acceptors (Lipinski definition) is 5. The van der Waals surface area contributed by atoms with E-state index in [2.05, 4.69) is 15.5 Å². The molecule has 1 aliphatic rings. The van der Waals surface area contributed by atoms with Crippen LogP contribution in [0.2, 0.25) is 0 Å². The van der Waals surface area contributed by atoms with Crippen molar-refractivity contribution in [3.8, 4) is 17.2 Å². The van der Waals surface area contributed by atoms with Gasteiger partial charge < -0.3 is 29.7 Å². The van der Waals surface area contributed by atoms with E-state index in [0.29, 0.717) is 42.0 Å². The molecular formula is C21H33N3O4S. The summed E-state index contributed by atoms with van der Waals surface area (Å²) >= 11 is 5.57. The third-order valence-electron chi connectivity index (χ3n) is 5.02. The van der Waals surface area contributed by atoms with Gasteiger partial charge in [0, 0.05) is 31.6 Å². The maximum Gasteiger partial charge on any atom is 0.225 e. The predicted molar refractivity (Wildman–Crippen MR) is 118 cm³/mol. The SMILES string of the molecule is CCCNC(=O)[C@@H]1CN(C(=S)NC(C)C)C[C@H]1c1cc(OC)c(OC)c(OC)c1. The van der Waals surface area contributed by atoms with Crippen molar-refractivity contribution in [1.82, 2.24) is 15.5 Å². The number of nitrogens with zero attached hydrogens (tertiary/aromatic N) is 1. The lowest BCUT2D eigenvalue weighted by Crippen LogP contribution is -2.42. The number of methoxy groups -OCH3 is 3. The maximum atomic E-state index is 12.9. The molecule has 2 rings (SSSR count). The number of amides is 1. The molecule has 0 aliphatic carbocycles. The molecule has 0 bridgehead atoms. The Morgan fingerprint density at radius 2 is 1.79 bits per heavy atom. The van der Waals surface area contributed by atoms with Gasteiger partial charge in [-0.05, 0) is 50.2 Å². The van der Waals surface area contributed by atoms with E-state index in [4.69, 9.17) is 26.4 Å². The van der Waals surface area contributed by atoms with Crippen LogP contribution in [0.3, 0.4) is 0 Å². The second kappa shape index (κ2) is 10.5. The van der Waals surface area contributed by atoms with Crippen molar-refractivity contribution >= 4 is 23.2 Å². The standard InChI is InChI=1S/C21H33N3O4S/c1-7-8-22-20(25)16-12-24(21(29)23-13(2)3)11-15(16)14-9-17(26-4)19(28-6)18(10-14)27-5/h9-10,13,15-16H,7-8,11-12H2,1-6H3,(H,22,25)(H,23,29)/t15-,16+/m0/s1. The number of rotatable bonds is 8. The number of ether oxygens (including phenoxy) is 3. The van der Waals surface area contributed by atoms with Crippen molar-refractivity contribution < 1.29 is 19.0 Å². The fraction of sp³-hybridized carbons (Fsp3) is 0.619. The molecule has 1 fully saturated rings. The van der Waals surface area contributed by atoms with Crippen LogP contribution < -0.4 is 24.8 Å². The van der Waals surface area contributed by atoms with Gasteiger partial charge in [-0.25, -0.2) is 0 Å². The van der Waals surface area contributed by atoms with Crippen LogP contribution >= 0.6 is 12.2 Å². The van der Waals surface area contributed by atoms with Crippen LogP contribution in [0.25, 0.3) is 0 Å². The minimum Gasteiger partial charge on any atom is -0.493 e. The summed E-state index contributed by atoms with van der Waals surface area (Å²) in [5.41, 5.74) is 0.964. The summed E-state index contributed by atoms with van der Waals surface area (Å²) in [7, 11) is 4.76. The molecule has 1 aromatic carbocycles. The molecule has 7 nitrogen and oxygen atoms in total. The van der Waals surface area contributed by atoms with Crippen LogP contribution in [0.15, 0.2) is 12.1 Å². The zero-order valence-corrected chi connectivity index (χ0v) is 19.0. The quantitative estimate of drug-likeness (QED) is 0.623. The molecule has 0 unspecified atom stereocenters. The predicted octanol–water partition coefficient (Wildman–Crippen LogP) is 2.54. The monoisotopic (exact) mass is 423 g/mol. The molecule has 1 aliphatic heterocycles. The highest BCUT2D eigenvalue weighted by Gasteiger charge is 2.40. The lowest BCUT2D eigenvalue weighted by atomic mass is 9.88. The van der Waals surface area contributed by atoms with E-state index < -0.39 is 0 Å². The number of carbonyl (C=O) groups excluding carboxylic acids is 1. The smallest absolute Gasteiger partial charge is 0.225 e. The Balaban J connectivity index is 2.39. The Bertz CT molecular complexity index is 701. The number of benzene rings is 1. The zero-order chi connectivity index (χ0) is 21.6. The highest BCUT2D eigenvalue weighted by molar-refractivity contribution is 7.80. The zero-order valence-electron chi connectivity index (χ0n) is 18.2. The third kappa shape index (κ3) is 5.44. The first-order valence-corrected chi connectivity index (χ1v) is 10.4. The summed E-state index contributed by atoms with van der Waals surface area (Å²) in [4.78, 5) is 15.0. The van der Waals surface area contributed by atoms with E-state index in [9.17, 15) is 4.79 Å². The first-order valence-electron chi connectivity index (χ1n) is 9.99. The van der Waals surface area contributed by atoms with Crippen molar-refractivity contribution in [1.29, 1.82) is 0 Å². The summed E-state index contributed by atoms with van der Waals surface area (Å²) in [6.45, 7) is 8.00. The third-order valence-corrected chi connectivity index (χ3v) is 5.40. The van der Waals surface area contributed by atoms with Crippen molar-refractivity contribution in [2.45, 2.75) is 39.2 Å². The van der Waals surface area contributed by atoms with Gasteiger partial charge in [-0.3, -0.25) is 4.79 Å². The van der Waals surface area contributed by atoms with Crippen molar-refractivity contribution in [3.63, 3.8) is 0 Å². The Morgan fingerprint density at radius 3 is 2.28 bits per heavy atom. The minimum absolute atomic E-state index is 0.0421. The molecule has 29 heavy (non-hydrogen) atoms. The normalized spacial score (nSPS) is 18.5. The maximum absolute atomic E-state index is 12.9. The molecule has 0 spiro atoms. The summed E-state index contributed by atoms with van der Waals surface area (Å²) in [5.74, 6) is 1.47. The fourth-order valence-electron chi connectivity index (χ4n) is 3.61. The number of thiocarbonyl (C=S) groups is 1. The minimum atomic E-state index is -0.226. The van der Waals surface area contributed by atoms with Crippen molar-refractivity contribution in [3.05, 3.63) is 17.7 Å². The van der Waals surface area contributed by atoms with Gasteiger partial charge in [0.2, 0.25) is 11.7 Å². The molecule has 1 heterocycles. The summed E-state index contributed by atoms with van der Waals surface area (Å²) in [6, 6.07) is 4.08. The Hall–Kier alpha value is -2.22. The second-order valence-corrected chi connectivity index (χ2v) is 7.86. The second-order valence-electron chi connectivity index (χ2n) is 7.47. The van der Waals surface area contributed by atoms with Gasteiger partial charge in [-0.15, -0.1) is 0 Å². The molecule has 162 valence electrons. The van der Waals surface area contributed by atoms with E-state index in [-0.39, 0.29) is 23.8 Å². The molecule has 2 N–H and O–H groups in total. The molecule has 1 amide bonds. The molecule has 1 aromatic rings. The molecular weight excluding hydrogens is 390 g/mol. The van der Waals surface area contributed by atoms with Gasteiger partial charge in [-0.1, -0.05) is 6.92 Å². The van der Waals surface area contributed by atoms with E-state index in [1.54, 1.807) is 21.3 Å². The van der Waals surface area contributed by atoms with Gasteiger partial charge in [-0.2, -0.15) is 0 Å². The molecule has 2 atom stereocenters. The summed E-state index contributed by atoms with van der Waals surface area (Å²) in [5, 5.41) is 6.99. The van der Waals surface area contributed by atoms with E-state index in [1.807, 2.05) is 32.9 Å². The Labute approximate surface area is 179 Å². The first-order chi connectivity index (χ1) is 13.9. The van der Waals surface area contributed by atoms with Gasteiger partial charge in [0.1, 0.15) is 0 Å². The van der Waals surface area contributed by atoms with Gasteiger partial charge >= 0.3 is 0 Å². The van der Waals surface area contributed by atoms with Gasteiger partial charge in [0.05, 0.1) is 27.2 Å². The highest BCUT2D eigenvalue weighted by atomic mass is 32.1. The van der Waals surface area contributed by atoms with E-state index >= 15 is 0 Å². The van der Waals surface area contributed by atoms with E-state index in [0.717, 1.165) is 12.0 Å². The van der Waals surface area contributed by atoms with Crippen LogP contribution in [-0.2, 0) is 4.79 Å². The lowest BCUT2D eigenvalue weighted by molar-refractivity contribution is -0.124. The molecule has 8 heteroatoms. The van der Waals surface area contributed by atoms with E-state index in [1.165, 1.54) is 0 Å². The van der Waals surface area contributed by atoms with Crippen LogP contribution in [0, 0.1) is 5.92 Å². The Morgan fingerprint density at radius 1 is 1.17 bits per heavy atom. The summed E-state index contributed by atoms with van der Waals surface area (Å²) in [6.07, 6.45) is 0.893. The van der Waals surface area contributed by atoms with Gasteiger partial charge in [0.25, 0.3) is 0 Å². The topological polar surface area (TPSA) is 72.1 Å². The van der Waals surface area contributed by atoms with Gasteiger partial charge in [0.15, 0.2) is 16.6 Å². The van der Waals surface area contributed by atoms with Crippen LogP contribution in [0.1, 0.15) is 38.7 Å². The number of carbonyl (C=O) groups is 1. The molecule has 0 aromatic heterocycles. The average Bonchev–Trinajstić information content (AvgIpc) is 3.16.